The zero-order valence-corrected chi connectivity index (χ0v) is 8.73. The van der Waals surface area contributed by atoms with Gasteiger partial charge in [-0.3, -0.25) is 9.69 Å². The normalized spacial score (nSPS) is 31.0. The van der Waals surface area contributed by atoms with Crippen LogP contribution in [0.15, 0.2) is 24.3 Å². The number of nitrogens with zero attached hydrogens (tertiary/aromatic N) is 1. The predicted molar refractivity (Wildman–Crippen MR) is 54.4 cm³/mol. The SMILES string of the molecule is COC1(N(C)C)C=CC=CC1C(N)=O. The Hall–Kier alpha value is -1.13. The van der Waals surface area contributed by atoms with E-state index < -0.39 is 11.6 Å². The zero-order chi connectivity index (χ0) is 10.8. The highest BCUT2D eigenvalue weighted by atomic mass is 16.5. The molecule has 0 aromatic heterocycles. The maximum Gasteiger partial charge on any atom is 0.229 e. The van der Waals surface area contributed by atoms with E-state index in [1.165, 1.54) is 0 Å². The summed E-state index contributed by atoms with van der Waals surface area (Å²) in [6.07, 6.45) is 7.24. The summed E-state index contributed by atoms with van der Waals surface area (Å²) in [6, 6.07) is 0. The fourth-order valence-electron chi connectivity index (χ4n) is 1.71. The molecule has 0 bridgehead atoms. The zero-order valence-electron chi connectivity index (χ0n) is 8.73. The lowest BCUT2D eigenvalue weighted by atomic mass is 9.89. The van der Waals surface area contributed by atoms with E-state index in [-0.39, 0.29) is 5.91 Å². The van der Waals surface area contributed by atoms with Crippen LogP contribution < -0.4 is 5.73 Å². The number of methoxy groups -OCH3 is 1. The monoisotopic (exact) mass is 196 g/mol. The molecule has 0 heterocycles. The Bertz CT molecular complexity index is 284. The second-order valence-electron chi connectivity index (χ2n) is 3.47. The van der Waals surface area contributed by atoms with Crippen LogP contribution in [0.25, 0.3) is 0 Å². The second kappa shape index (κ2) is 3.94. The number of likely N-dealkylation sites (N-methyl/N-ethyl adjacent to an activating group) is 1. The molecule has 4 nitrogen and oxygen atoms in total. The smallest absolute Gasteiger partial charge is 0.229 e. The van der Waals surface area contributed by atoms with Gasteiger partial charge >= 0.3 is 0 Å². The Morgan fingerprint density at radius 1 is 1.50 bits per heavy atom. The minimum atomic E-state index is -0.749. The molecule has 0 aromatic rings. The van der Waals surface area contributed by atoms with Crippen LogP contribution in [0.2, 0.25) is 0 Å². The van der Waals surface area contributed by atoms with E-state index in [1.807, 2.05) is 31.1 Å². The predicted octanol–water partition coefficient (Wildman–Crippen LogP) is 0.118. The van der Waals surface area contributed by atoms with Gasteiger partial charge in [0.2, 0.25) is 5.91 Å². The van der Waals surface area contributed by atoms with Gasteiger partial charge in [0.15, 0.2) is 5.72 Å². The van der Waals surface area contributed by atoms with Gasteiger partial charge in [-0.15, -0.1) is 0 Å². The standard InChI is InChI=1S/C10H16N2O2/c1-12(2)10(14-3)7-5-4-6-8(10)9(11)13/h4-8H,1-3H3,(H2,11,13). The van der Waals surface area contributed by atoms with Gasteiger partial charge in [0.05, 0.1) is 0 Å². The van der Waals surface area contributed by atoms with E-state index in [2.05, 4.69) is 0 Å². The third kappa shape index (κ3) is 1.58. The van der Waals surface area contributed by atoms with Crippen molar-refractivity contribution < 1.29 is 9.53 Å². The summed E-state index contributed by atoms with van der Waals surface area (Å²) in [5.74, 6) is -0.839. The molecule has 0 saturated carbocycles. The number of hydrogen-bond acceptors (Lipinski definition) is 3. The number of ether oxygens (including phenoxy) is 1. The summed E-state index contributed by atoms with van der Waals surface area (Å²) in [7, 11) is 5.27. The van der Waals surface area contributed by atoms with Crippen LogP contribution in [0.5, 0.6) is 0 Å². The Morgan fingerprint density at radius 2 is 2.14 bits per heavy atom. The van der Waals surface area contributed by atoms with Crippen LogP contribution in [0, 0.1) is 5.92 Å². The first kappa shape index (κ1) is 10.9. The van der Waals surface area contributed by atoms with Crippen LogP contribution in [-0.4, -0.2) is 37.7 Å². The summed E-state index contributed by atoms with van der Waals surface area (Å²) < 4.78 is 5.40. The van der Waals surface area contributed by atoms with Gasteiger partial charge in [-0.05, 0) is 20.2 Å². The van der Waals surface area contributed by atoms with Crippen LogP contribution in [0.1, 0.15) is 0 Å². The Kier molecular flexibility index (Phi) is 3.08. The lowest BCUT2D eigenvalue weighted by Crippen LogP contribution is -2.54. The summed E-state index contributed by atoms with van der Waals surface area (Å²) in [6.45, 7) is 0. The molecule has 2 atom stereocenters. The maximum absolute atomic E-state index is 11.3. The molecule has 0 aromatic carbocycles. The number of nitrogens with two attached hydrogens (primary N) is 1. The number of rotatable bonds is 3. The van der Waals surface area contributed by atoms with E-state index in [1.54, 1.807) is 19.3 Å². The van der Waals surface area contributed by atoms with Gasteiger partial charge < -0.3 is 10.5 Å². The molecule has 0 spiro atoms. The van der Waals surface area contributed by atoms with Gasteiger partial charge in [-0.25, -0.2) is 0 Å². The van der Waals surface area contributed by atoms with Crippen molar-refractivity contribution in [2.24, 2.45) is 11.7 Å². The van der Waals surface area contributed by atoms with Crippen molar-refractivity contribution in [3.8, 4) is 0 Å². The molecular weight excluding hydrogens is 180 g/mol. The second-order valence-corrected chi connectivity index (χ2v) is 3.47. The summed E-state index contributed by atoms with van der Waals surface area (Å²) >= 11 is 0. The van der Waals surface area contributed by atoms with Crippen molar-refractivity contribution in [1.29, 1.82) is 0 Å². The largest absolute Gasteiger partial charge is 0.369 e. The first-order valence-corrected chi connectivity index (χ1v) is 4.42. The van der Waals surface area contributed by atoms with E-state index in [9.17, 15) is 4.79 Å². The van der Waals surface area contributed by atoms with E-state index in [0.29, 0.717) is 0 Å². The molecule has 0 saturated heterocycles. The summed E-state index contributed by atoms with van der Waals surface area (Å²) in [5.41, 5.74) is 4.58. The number of amides is 1. The highest BCUT2D eigenvalue weighted by molar-refractivity contribution is 5.80. The molecule has 4 heteroatoms. The average Bonchev–Trinajstić information content (AvgIpc) is 2.17. The number of carbonyl (C=O) groups excluding carboxylic acids is 1. The van der Waals surface area contributed by atoms with Gasteiger partial charge in [-0.1, -0.05) is 18.2 Å². The summed E-state index contributed by atoms with van der Waals surface area (Å²) in [5, 5.41) is 0. The Labute approximate surface area is 84.0 Å². The van der Waals surface area contributed by atoms with Gasteiger partial charge in [0.1, 0.15) is 5.92 Å². The van der Waals surface area contributed by atoms with Crippen LogP contribution in [-0.2, 0) is 9.53 Å². The number of carbonyl (C=O) groups is 1. The first-order valence-electron chi connectivity index (χ1n) is 4.42. The van der Waals surface area contributed by atoms with Crippen LogP contribution >= 0.6 is 0 Å². The molecule has 78 valence electrons. The quantitative estimate of drug-likeness (QED) is 0.652. The van der Waals surface area contributed by atoms with Gasteiger partial charge in [-0.2, -0.15) is 0 Å². The molecule has 2 unspecified atom stereocenters. The van der Waals surface area contributed by atoms with Crippen molar-refractivity contribution in [3.63, 3.8) is 0 Å². The molecule has 1 aliphatic rings. The molecule has 1 aliphatic carbocycles. The maximum atomic E-state index is 11.3. The topological polar surface area (TPSA) is 55.6 Å². The fourth-order valence-corrected chi connectivity index (χ4v) is 1.71. The minimum absolute atomic E-state index is 0.388. The molecule has 14 heavy (non-hydrogen) atoms. The Balaban J connectivity index is 3.08. The molecule has 1 rings (SSSR count). The van der Waals surface area contributed by atoms with E-state index >= 15 is 0 Å². The van der Waals surface area contributed by atoms with Crippen LogP contribution in [0.3, 0.4) is 0 Å². The van der Waals surface area contributed by atoms with Crippen molar-refractivity contribution in [2.75, 3.05) is 21.2 Å². The fraction of sp³-hybridized carbons (Fsp3) is 0.500. The van der Waals surface area contributed by atoms with E-state index in [4.69, 9.17) is 10.5 Å². The van der Waals surface area contributed by atoms with Crippen LogP contribution in [0.4, 0.5) is 0 Å². The number of allylic oxidation sites excluding steroid dienone is 2. The van der Waals surface area contributed by atoms with Crippen molar-refractivity contribution in [3.05, 3.63) is 24.3 Å². The van der Waals surface area contributed by atoms with Gasteiger partial charge in [0, 0.05) is 7.11 Å². The van der Waals surface area contributed by atoms with Crippen molar-refractivity contribution in [1.82, 2.24) is 4.90 Å². The third-order valence-corrected chi connectivity index (χ3v) is 2.53. The summed E-state index contributed by atoms with van der Waals surface area (Å²) in [4.78, 5) is 13.1. The lowest BCUT2D eigenvalue weighted by Gasteiger charge is -2.40. The molecule has 2 N–H and O–H groups in total. The molecule has 1 amide bonds. The number of hydrogen-bond donors (Lipinski definition) is 1. The average molecular weight is 196 g/mol. The Morgan fingerprint density at radius 3 is 2.50 bits per heavy atom. The minimum Gasteiger partial charge on any atom is -0.369 e. The molecular formula is C10H16N2O2. The highest BCUT2D eigenvalue weighted by Crippen LogP contribution is 2.29. The number of primary amides is 1. The first-order chi connectivity index (χ1) is 6.54. The molecule has 0 aliphatic heterocycles. The van der Waals surface area contributed by atoms with Crippen molar-refractivity contribution in [2.45, 2.75) is 5.72 Å². The lowest BCUT2D eigenvalue weighted by molar-refractivity contribution is -0.142. The van der Waals surface area contributed by atoms with Crippen molar-refractivity contribution >= 4 is 5.91 Å². The van der Waals surface area contributed by atoms with Gasteiger partial charge in [0.25, 0.3) is 0 Å². The molecule has 0 radical (unpaired) electrons. The highest BCUT2D eigenvalue weighted by Gasteiger charge is 2.42. The third-order valence-electron chi connectivity index (χ3n) is 2.53. The molecule has 0 fully saturated rings. The van der Waals surface area contributed by atoms with E-state index in [0.717, 1.165) is 0 Å².